The Morgan fingerprint density at radius 3 is 2.56 bits per heavy atom. The fourth-order valence-corrected chi connectivity index (χ4v) is 4.37. The number of hydrogen-bond donors (Lipinski definition) is 1. The SMILES string of the molecule is COc1ccc(-c2csc(-n3nc(C)cc3NC(=O)COc3ccc4ccccc4c3)n2)cc1. The van der Waals surface area contributed by atoms with Gasteiger partial charge in [-0.05, 0) is 54.1 Å². The van der Waals surface area contributed by atoms with Crippen LogP contribution in [0.1, 0.15) is 5.69 Å². The van der Waals surface area contributed by atoms with Crippen LogP contribution in [0.4, 0.5) is 5.82 Å². The van der Waals surface area contributed by atoms with E-state index in [9.17, 15) is 4.79 Å². The fraction of sp³-hybridized carbons (Fsp3) is 0.115. The van der Waals surface area contributed by atoms with Crippen molar-refractivity contribution in [1.82, 2.24) is 14.8 Å². The molecule has 0 saturated heterocycles. The number of aromatic nitrogens is 3. The third kappa shape index (κ3) is 4.62. The van der Waals surface area contributed by atoms with Gasteiger partial charge in [-0.3, -0.25) is 4.79 Å². The Morgan fingerprint density at radius 2 is 1.76 bits per heavy atom. The van der Waals surface area contributed by atoms with Crippen LogP contribution in [-0.2, 0) is 4.79 Å². The van der Waals surface area contributed by atoms with Crippen LogP contribution in [0, 0.1) is 6.92 Å². The first-order valence-electron chi connectivity index (χ1n) is 10.7. The predicted molar refractivity (Wildman–Crippen MR) is 134 cm³/mol. The normalized spacial score (nSPS) is 10.9. The molecule has 8 heteroatoms. The van der Waals surface area contributed by atoms with Gasteiger partial charge in [-0.1, -0.05) is 30.3 Å². The summed E-state index contributed by atoms with van der Waals surface area (Å²) in [5, 5.41) is 12.2. The van der Waals surface area contributed by atoms with Crippen LogP contribution in [0.3, 0.4) is 0 Å². The number of aryl methyl sites for hydroxylation is 1. The van der Waals surface area contributed by atoms with Crippen LogP contribution >= 0.6 is 11.3 Å². The molecule has 7 nitrogen and oxygen atoms in total. The van der Waals surface area contributed by atoms with Gasteiger partial charge >= 0.3 is 0 Å². The molecule has 2 heterocycles. The van der Waals surface area contributed by atoms with E-state index < -0.39 is 0 Å². The molecule has 0 aliphatic rings. The highest BCUT2D eigenvalue weighted by atomic mass is 32.1. The average molecular weight is 471 g/mol. The van der Waals surface area contributed by atoms with Crippen LogP contribution in [0.5, 0.6) is 11.5 Å². The Morgan fingerprint density at radius 1 is 1.00 bits per heavy atom. The first-order chi connectivity index (χ1) is 16.6. The molecule has 5 aromatic rings. The third-order valence-electron chi connectivity index (χ3n) is 5.25. The summed E-state index contributed by atoms with van der Waals surface area (Å²) in [4.78, 5) is 17.3. The van der Waals surface area contributed by atoms with Crippen molar-refractivity contribution in [1.29, 1.82) is 0 Å². The maximum atomic E-state index is 12.6. The molecular formula is C26H22N4O3S. The van der Waals surface area contributed by atoms with Gasteiger partial charge in [0.05, 0.1) is 18.5 Å². The molecule has 0 spiro atoms. The number of fused-ring (bicyclic) bond motifs is 1. The first-order valence-corrected chi connectivity index (χ1v) is 11.6. The summed E-state index contributed by atoms with van der Waals surface area (Å²) in [7, 11) is 1.64. The molecule has 5 rings (SSSR count). The lowest BCUT2D eigenvalue weighted by Crippen LogP contribution is -2.21. The summed E-state index contributed by atoms with van der Waals surface area (Å²) in [6.45, 7) is 1.76. The number of carbonyl (C=O) groups is 1. The maximum absolute atomic E-state index is 12.6. The van der Waals surface area contributed by atoms with E-state index in [1.807, 2.05) is 85.1 Å². The lowest BCUT2D eigenvalue weighted by Gasteiger charge is -2.09. The highest BCUT2D eigenvalue weighted by Crippen LogP contribution is 2.28. The zero-order valence-electron chi connectivity index (χ0n) is 18.7. The molecule has 0 aliphatic carbocycles. The predicted octanol–water partition coefficient (Wildman–Crippen LogP) is 5.48. The van der Waals surface area contributed by atoms with E-state index in [0.29, 0.717) is 16.7 Å². The van der Waals surface area contributed by atoms with Gasteiger partial charge in [-0.2, -0.15) is 9.78 Å². The van der Waals surface area contributed by atoms with E-state index in [2.05, 4.69) is 10.4 Å². The number of carbonyl (C=O) groups excluding carboxylic acids is 1. The zero-order chi connectivity index (χ0) is 23.5. The van der Waals surface area contributed by atoms with Gasteiger partial charge in [0.2, 0.25) is 5.13 Å². The van der Waals surface area contributed by atoms with Crippen LogP contribution in [0.2, 0.25) is 0 Å². The van der Waals surface area contributed by atoms with Crippen molar-refractivity contribution in [2.75, 3.05) is 19.0 Å². The Labute approximate surface area is 200 Å². The molecule has 0 radical (unpaired) electrons. The summed E-state index contributed by atoms with van der Waals surface area (Å²) < 4.78 is 12.6. The van der Waals surface area contributed by atoms with Crippen molar-refractivity contribution in [2.24, 2.45) is 0 Å². The number of rotatable bonds is 7. The molecule has 0 saturated carbocycles. The van der Waals surface area contributed by atoms with Gasteiger partial charge in [0, 0.05) is 17.0 Å². The molecule has 170 valence electrons. The molecule has 0 unspecified atom stereocenters. The Bertz CT molecular complexity index is 1460. The number of nitrogens with zero attached hydrogens (tertiary/aromatic N) is 3. The largest absolute Gasteiger partial charge is 0.497 e. The third-order valence-corrected chi connectivity index (χ3v) is 6.07. The minimum atomic E-state index is -0.277. The average Bonchev–Trinajstić information content (AvgIpc) is 3.49. The molecule has 0 fully saturated rings. The highest BCUT2D eigenvalue weighted by Gasteiger charge is 2.15. The topological polar surface area (TPSA) is 78.3 Å². The van der Waals surface area contributed by atoms with Crippen LogP contribution in [-0.4, -0.2) is 34.4 Å². The standard InChI is InChI=1S/C26H22N4O3S/c1-17-13-24(28-25(31)15-33-22-12-7-18-5-3-4-6-20(18)14-22)30(29-17)26-27-23(16-34-26)19-8-10-21(32-2)11-9-19/h3-14,16H,15H2,1-2H3,(H,28,31). The van der Waals surface area contributed by atoms with E-state index in [-0.39, 0.29) is 12.5 Å². The summed E-state index contributed by atoms with van der Waals surface area (Å²) >= 11 is 1.45. The molecule has 1 amide bonds. The van der Waals surface area contributed by atoms with Gasteiger partial charge in [0.15, 0.2) is 6.61 Å². The number of hydrogen-bond acceptors (Lipinski definition) is 6. The number of thiazole rings is 1. The maximum Gasteiger partial charge on any atom is 0.263 e. The van der Waals surface area contributed by atoms with Gasteiger partial charge in [-0.15, -0.1) is 11.3 Å². The second kappa shape index (κ2) is 9.36. The van der Waals surface area contributed by atoms with Crippen molar-refractivity contribution < 1.29 is 14.3 Å². The van der Waals surface area contributed by atoms with Gasteiger partial charge in [0.25, 0.3) is 5.91 Å². The van der Waals surface area contributed by atoms with Gasteiger partial charge in [-0.25, -0.2) is 4.98 Å². The Balaban J connectivity index is 1.29. The highest BCUT2D eigenvalue weighted by molar-refractivity contribution is 7.12. The molecule has 1 N–H and O–H groups in total. The van der Waals surface area contributed by atoms with E-state index >= 15 is 0 Å². The van der Waals surface area contributed by atoms with Crippen molar-refractivity contribution >= 4 is 33.8 Å². The summed E-state index contributed by atoms with van der Waals surface area (Å²) in [6.07, 6.45) is 0. The quantitative estimate of drug-likeness (QED) is 0.341. The number of benzene rings is 3. The monoisotopic (exact) mass is 470 g/mol. The minimum Gasteiger partial charge on any atom is -0.497 e. The van der Waals surface area contributed by atoms with Crippen molar-refractivity contribution in [3.05, 3.63) is 83.9 Å². The molecular weight excluding hydrogens is 448 g/mol. The second-order valence-electron chi connectivity index (χ2n) is 7.67. The lowest BCUT2D eigenvalue weighted by molar-refractivity contribution is -0.118. The molecule has 2 aromatic heterocycles. The summed E-state index contributed by atoms with van der Waals surface area (Å²) in [5.41, 5.74) is 2.57. The van der Waals surface area contributed by atoms with Gasteiger partial charge in [0.1, 0.15) is 17.3 Å². The van der Waals surface area contributed by atoms with E-state index in [4.69, 9.17) is 14.5 Å². The fourth-order valence-electron chi connectivity index (χ4n) is 3.58. The number of nitrogens with one attached hydrogen (secondary N) is 1. The molecule has 0 atom stereocenters. The van der Waals surface area contributed by atoms with Gasteiger partial charge < -0.3 is 14.8 Å². The van der Waals surface area contributed by atoms with Crippen molar-refractivity contribution in [3.8, 4) is 27.9 Å². The van der Waals surface area contributed by atoms with Crippen molar-refractivity contribution in [3.63, 3.8) is 0 Å². The van der Waals surface area contributed by atoms with Crippen LogP contribution in [0.25, 0.3) is 27.2 Å². The molecule has 0 bridgehead atoms. The van der Waals surface area contributed by atoms with Crippen LogP contribution < -0.4 is 14.8 Å². The second-order valence-corrected chi connectivity index (χ2v) is 8.51. The number of methoxy groups -OCH3 is 1. The van der Waals surface area contributed by atoms with E-state index in [0.717, 1.165) is 33.5 Å². The van der Waals surface area contributed by atoms with Crippen LogP contribution in [0.15, 0.2) is 78.2 Å². The smallest absolute Gasteiger partial charge is 0.263 e. The molecule has 3 aromatic carbocycles. The summed E-state index contributed by atoms with van der Waals surface area (Å²) in [5.74, 6) is 1.70. The number of anilines is 1. The zero-order valence-corrected chi connectivity index (χ0v) is 19.5. The lowest BCUT2D eigenvalue weighted by atomic mass is 10.1. The Kier molecular flexibility index (Phi) is 5.97. The molecule has 0 aliphatic heterocycles. The minimum absolute atomic E-state index is 0.114. The van der Waals surface area contributed by atoms with E-state index in [1.54, 1.807) is 11.8 Å². The first kappa shape index (κ1) is 21.7. The van der Waals surface area contributed by atoms with E-state index in [1.165, 1.54) is 11.3 Å². The summed E-state index contributed by atoms with van der Waals surface area (Å²) in [6, 6.07) is 23.3. The van der Waals surface area contributed by atoms with Crippen molar-refractivity contribution in [2.45, 2.75) is 6.92 Å². The number of amides is 1. The molecule has 34 heavy (non-hydrogen) atoms. The number of ether oxygens (including phenoxy) is 2. The Hall–Kier alpha value is -4.17.